The average molecular weight is 468 g/mol. The predicted molar refractivity (Wildman–Crippen MR) is 108 cm³/mol. The second kappa shape index (κ2) is 8.67. The molecule has 3 rings (SSSR count). The SMILES string of the molecule is CSC[C@H]1O[C@@H](n2c(Cl)nc3cc(Cl)c(Cl)cc32)[C@H](OC(C)=O)[C@@H]1OC(C)=O. The van der Waals surface area contributed by atoms with E-state index in [9.17, 15) is 9.59 Å². The van der Waals surface area contributed by atoms with Crippen molar-refractivity contribution in [3.63, 3.8) is 0 Å². The second-order valence-electron chi connectivity index (χ2n) is 6.17. The van der Waals surface area contributed by atoms with Crippen LogP contribution in [0.2, 0.25) is 15.3 Å². The van der Waals surface area contributed by atoms with Crippen LogP contribution >= 0.6 is 46.6 Å². The third-order valence-electron chi connectivity index (χ3n) is 4.16. The van der Waals surface area contributed by atoms with Crippen LogP contribution in [-0.4, -0.2) is 51.8 Å². The monoisotopic (exact) mass is 466 g/mol. The Morgan fingerprint density at radius 1 is 1.14 bits per heavy atom. The molecule has 11 heteroatoms. The molecule has 1 fully saturated rings. The Morgan fingerprint density at radius 2 is 1.75 bits per heavy atom. The fourth-order valence-electron chi connectivity index (χ4n) is 3.17. The molecule has 1 aromatic heterocycles. The zero-order valence-corrected chi connectivity index (χ0v) is 18.2. The Labute approximate surface area is 180 Å². The first-order valence-electron chi connectivity index (χ1n) is 8.24. The summed E-state index contributed by atoms with van der Waals surface area (Å²) in [6.45, 7) is 2.56. The fraction of sp³-hybridized carbons (Fsp3) is 0.471. The normalized spacial score (nSPS) is 24.5. The molecule has 0 bridgehead atoms. The Balaban J connectivity index is 2.11. The molecule has 7 nitrogen and oxygen atoms in total. The molecule has 1 saturated heterocycles. The molecule has 28 heavy (non-hydrogen) atoms. The number of aromatic nitrogens is 2. The van der Waals surface area contributed by atoms with Crippen molar-refractivity contribution in [1.82, 2.24) is 9.55 Å². The van der Waals surface area contributed by atoms with Gasteiger partial charge < -0.3 is 14.2 Å². The molecule has 4 atom stereocenters. The Morgan fingerprint density at radius 3 is 2.36 bits per heavy atom. The van der Waals surface area contributed by atoms with E-state index in [1.54, 1.807) is 16.7 Å². The first-order chi connectivity index (χ1) is 13.2. The van der Waals surface area contributed by atoms with E-state index in [0.29, 0.717) is 26.8 Å². The van der Waals surface area contributed by atoms with Gasteiger partial charge in [0.05, 0.1) is 21.1 Å². The van der Waals surface area contributed by atoms with Crippen LogP contribution in [0.1, 0.15) is 20.1 Å². The predicted octanol–water partition coefficient (Wildman–Crippen LogP) is 4.12. The maximum Gasteiger partial charge on any atom is 0.303 e. The van der Waals surface area contributed by atoms with Gasteiger partial charge in [0.25, 0.3) is 0 Å². The van der Waals surface area contributed by atoms with E-state index in [4.69, 9.17) is 49.0 Å². The molecule has 0 radical (unpaired) electrons. The van der Waals surface area contributed by atoms with Gasteiger partial charge in [-0.15, -0.1) is 0 Å². The van der Waals surface area contributed by atoms with E-state index in [2.05, 4.69) is 4.98 Å². The Hall–Kier alpha value is -1.19. The summed E-state index contributed by atoms with van der Waals surface area (Å²) in [7, 11) is 0. The number of hydrogen-bond acceptors (Lipinski definition) is 7. The van der Waals surface area contributed by atoms with Gasteiger partial charge in [0.1, 0.15) is 6.10 Å². The number of carbonyl (C=O) groups excluding carboxylic acids is 2. The smallest absolute Gasteiger partial charge is 0.303 e. The topological polar surface area (TPSA) is 79.7 Å². The lowest BCUT2D eigenvalue weighted by molar-refractivity contribution is -0.165. The molecule has 0 N–H and O–H groups in total. The molecule has 1 aromatic carbocycles. The fourth-order valence-corrected chi connectivity index (χ4v) is 4.36. The summed E-state index contributed by atoms with van der Waals surface area (Å²) in [6, 6.07) is 3.19. The Bertz CT molecular complexity index is 922. The number of fused-ring (bicyclic) bond motifs is 1. The van der Waals surface area contributed by atoms with Crippen LogP contribution in [-0.2, 0) is 23.8 Å². The lowest BCUT2D eigenvalue weighted by Crippen LogP contribution is -2.39. The highest BCUT2D eigenvalue weighted by Gasteiger charge is 2.50. The van der Waals surface area contributed by atoms with Crippen molar-refractivity contribution in [1.29, 1.82) is 0 Å². The molecule has 0 amide bonds. The number of nitrogens with zero attached hydrogens (tertiary/aromatic N) is 2. The number of ether oxygens (including phenoxy) is 3. The number of hydrogen-bond donors (Lipinski definition) is 0. The van der Waals surface area contributed by atoms with Crippen LogP contribution < -0.4 is 0 Å². The second-order valence-corrected chi connectivity index (χ2v) is 8.24. The van der Waals surface area contributed by atoms with Crippen molar-refractivity contribution in [2.45, 2.75) is 38.4 Å². The summed E-state index contributed by atoms with van der Waals surface area (Å²) in [6.07, 6.45) is -1.19. The van der Waals surface area contributed by atoms with Gasteiger partial charge in [-0.3, -0.25) is 14.2 Å². The first-order valence-corrected chi connectivity index (χ1v) is 10.8. The van der Waals surface area contributed by atoms with Crippen LogP contribution in [0.15, 0.2) is 12.1 Å². The highest BCUT2D eigenvalue weighted by atomic mass is 35.5. The molecule has 1 aliphatic rings. The minimum atomic E-state index is -0.914. The van der Waals surface area contributed by atoms with Gasteiger partial charge in [-0.2, -0.15) is 11.8 Å². The molecular weight excluding hydrogens is 451 g/mol. The van der Waals surface area contributed by atoms with Crippen molar-refractivity contribution >= 4 is 69.5 Å². The van der Waals surface area contributed by atoms with Crippen LogP contribution in [0.5, 0.6) is 0 Å². The summed E-state index contributed by atoms with van der Waals surface area (Å²) in [5.41, 5.74) is 1.05. The molecule has 152 valence electrons. The summed E-state index contributed by atoms with van der Waals surface area (Å²) in [5.74, 6) is -0.528. The molecule has 0 unspecified atom stereocenters. The third-order valence-corrected chi connectivity index (χ3v) is 5.81. The van der Waals surface area contributed by atoms with Crippen molar-refractivity contribution in [3.05, 3.63) is 27.5 Å². The minimum absolute atomic E-state index is 0.0989. The van der Waals surface area contributed by atoms with Crippen molar-refractivity contribution in [2.75, 3.05) is 12.0 Å². The molecular formula is C17H17Cl3N2O5S. The molecule has 0 spiro atoms. The van der Waals surface area contributed by atoms with Gasteiger partial charge in [0.15, 0.2) is 18.4 Å². The van der Waals surface area contributed by atoms with Gasteiger partial charge >= 0.3 is 11.9 Å². The zero-order chi connectivity index (χ0) is 20.6. The third kappa shape index (κ3) is 4.21. The van der Waals surface area contributed by atoms with Crippen LogP contribution in [0.3, 0.4) is 0 Å². The standard InChI is InChI=1S/C17H17Cl3N2O5S/c1-7(23)25-14-13(6-28-3)27-16(15(14)26-8(2)24)22-12-5-10(19)9(18)4-11(12)21-17(22)20/h4-5,13-16H,6H2,1-3H3/t13-,14-,15-,16-/m1/s1. The van der Waals surface area contributed by atoms with Gasteiger partial charge in [0, 0.05) is 19.6 Å². The number of rotatable bonds is 5. The van der Waals surface area contributed by atoms with Crippen LogP contribution in [0.4, 0.5) is 0 Å². The van der Waals surface area contributed by atoms with Crippen molar-refractivity contribution in [2.24, 2.45) is 0 Å². The lowest BCUT2D eigenvalue weighted by Gasteiger charge is -2.24. The van der Waals surface area contributed by atoms with Crippen LogP contribution in [0, 0.1) is 0 Å². The van der Waals surface area contributed by atoms with Gasteiger partial charge in [-0.05, 0) is 30.0 Å². The van der Waals surface area contributed by atoms with Gasteiger partial charge in [-0.25, -0.2) is 4.98 Å². The van der Waals surface area contributed by atoms with Gasteiger partial charge in [-0.1, -0.05) is 23.2 Å². The molecule has 1 aliphatic heterocycles. The number of esters is 2. The van der Waals surface area contributed by atoms with E-state index < -0.39 is 36.5 Å². The summed E-state index contributed by atoms with van der Waals surface area (Å²) >= 11 is 20.1. The summed E-state index contributed by atoms with van der Waals surface area (Å²) < 4.78 is 18.6. The molecule has 0 saturated carbocycles. The number of thioether (sulfide) groups is 1. The average Bonchev–Trinajstić information content (AvgIpc) is 3.05. The number of carbonyl (C=O) groups is 2. The summed E-state index contributed by atoms with van der Waals surface area (Å²) in [5, 5.41) is 0.741. The number of benzene rings is 1. The quantitative estimate of drug-likeness (QED) is 0.612. The number of imidazole rings is 1. The zero-order valence-electron chi connectivity index (χ0n) is 15.1. The molecule has 2 heterocycles. The number of halogens is 3. The minimum Gasteiger partial charge on any atom is -0.456 e. The largest absolute Gasteiger partial charge is 0.456 e. The van der Waals surface area contributed by atoms with E-state index in [1.807, 2.05) is 6.26 Å². The van der Waals surface area contributed by atoms with Crippen molar-refractivity contribution < 1.29 is 23.8 Å². The van der Waals surface area contributed by atoms with Crippen molar-refractivity contribution in [3.8, 4) is 0 Å². The summed E-state index contributed by atoms with van der Waals surface area (Å²) in [4.78, 5) is 27.7. The molecule has 2 aromatic rings. The Kier molecular flexibility index (Phi) is 6.66. The van der Waals surface area contributed by atoms with E-state index >= 15 is 0 Å². The maximum atomic E-state index is 11.7. The lowest BCUT2D eigenvalue weighted by atomic mass is 10.1. The van der Waals surface area contributed by atoms with Crippen LogP contribution in [0.25, 0.3) is 11.0 Å². The highest BCUT2D eigenvalue weighted by molar-refractivity contribution is 7.98. The first kappa shape index (κ1) is 21.5. The molecule has 0 aliphatic carbocycles. The highest BCUT2D eigenvalue weighted by Crippen LogP contribution is 2.40. The van der Waals surface area contributed by atoms with E-state index in [1.165, 1.54) is 25.6 Å². The van der Waals surface area contributed by atoms with Gasteiger partial charge in [0.2, 0.25) is 5.28 Å². The van der Waals surface area contributed by atoms with E-state index in [0.717, 1.165) is 0 Å². The maximum absolute atomic E-state index is 11.7. The van der Waals surface area contributed by atoms with E-state index in [-0.39, 0.29) is 5.28 Å².